The summed E-state index contributed by atoms with van der Waals surface area (Å²) < 4.78 is 27.1. The zero-order valence-corrected chi connectivity index (χ0v) is 10.6. The Hall–Kier alpha value is -0.950. The molecule has 1 aromatic rings. The molecule has 5 nitrogen and oxygen atoms in total. The zero-order valence-electron chi connectivity index (χ0n) is 9.79. The van der Waals surface area contributed by atoms with Crippen molar-refractivity contribution in [3.63, 3.8) is 0 Å². The molecule has 1 aromatic carbocycles. The predicted molar refractivity (Wildman–Crippen MR) is 64.6 cm³/mol. The second-order valence-corrected chi connectivity index (χ2v) is 6.27. The molecule has 0 radical (unpaired) electrons. The standard InChI is InChI=1S/C11H16N2O3S/c1-13(2)17(15,16)12-11-9-6-4-3-5-8(9)7-10(11)14/h3-6,10-12,14H,7H2,1-2H3/t10-,11+/m1/s1. The molecule has 0 aliphatic heterocycles. The van der Waals surface area contributed by atoms with Crippen molar-refractivity contribution in [1.82, 2.24) is 9.03 Å². The van der Waals surface area contributed by atoms with Crippen molar-refractivity contribution in [1.29, 1.82) is 0 Å². The smallest absolute Gasteiger partial charge is 0.279 e. The van der Waals surface area contributed by atoms with Crippen molar-refractivity contribution < 1.29 is 13.5 Å². The van der Waals surface area contributed by atoms with E-state index in [9.17, 15) is 13.5 Å². The maximum absolute atomic E-state index is 11.7. The Balaban J connectivity index is 2.29. The van der Waals surface area contributed by atoms with Gasteiger partial charge in [0.1, 0.15) is 0 Å². The summed E-state index contributed by atoms with van der Waals surface area (Å²) in [5.74, 6) is 0. The topological polar surface area (TPSA) is 69.6 Å². The molecule has 0 spiro atoms. The van der Waals surface area contributed by atoms with Crippen LogP contribution < -0.4 is 4.72 Å². The summed E-state index contributed by atoms with van der Waals surface area (Å²) in [5, 5.41) is 9.91. The molecule has 0 fully saturated rings. The summed E-state index contributed by atoms with van der Waals surface area (Å²) in [5.41, 5.74) is 1.84. The summed E-state index contributed by atoms with van der Waals surface area (Å²) in [6, 6.07) is 6.91. The van der Waals surface area contributed by atoms with E-state index in [2.05, 4.69) is 4.72 Å². The highest BCUT2D eigenvalue weighted by molar-refractivity contribution is 7.87. The van der Waals surface area contributed by atoms with Crippen LogP contribution in [0.5, 0.6) is 0 Å². The molecule has 0 saturated heterocycles. The van der Waals surface area contributed by atoms with Crippen LogP contribution in [0.2, 0.25) is 0 Å². The highest BCUT2D eigenvalue weighted by Crippen LogP contribution is 2.31. The van der Waals surface area contributed by atoms with E-state index in [4.69, 9.17) is 0 Å². The lowest BCUT2D eigenvalue weighted by atomic mass is 10.1. The first-order valence-electron chi connectivity index (χ1n) is 5.37. The van der Waals surface area contributed by atoms with Gasteiger partial charge in [0.15, 0.2) is 0 Å². The van der Waals surface area contributed by atoms with Gasteiger partial charge in [-0.25, -0.2) is 0 Å². The van der Waals surface area contributed by atoms with E-state index in [-0.39, 0.29) is 0 Å². The molecule has 17 heavy (non-hydrogen) atoms. The number of nitrogens with one attached hydrogen (secondary N) is 1. The molecule has 2 atom stereocenters. The van der Waals surface area contributed by atoms with Gasteiger partial charge < -0.3 is 5.11 Å². The molecular formula is C11H16N2O3S. The minimum atomic E-state index is -3.53. The lowest BCUT2D eigenvalue weighted by molar-refractivity contribution is 0.151. The zero-order chi connectivity index (χ0) is 12.6. The molecule has 0 bridgehead atoms. The van der Waals surface area contributed by atoms with E-state index < -0.39 is 22.4 Å². The van der Waals surface area contributed by atoms with Crippen molar-refractivity contribution in [2.24, 2.45) is 0 Å². The van der Waals surface area contributed by atoms with Crippen LogP contribution >= 0.6 is 0 Å². The second kappa shape index (κ2) is 4.38. The second-order valence-electron chi connectivity index (χ2n) is 4.35. The molecule has 0 saturated carbocycles. The fourth-order valence-corrected chi connectivity index (χ4v) is 2.80. The van der Waals surface area contributed by atoms with Crippen LogP contribution in [0, 0.1) is 0 Å². The summed E-state index contributed by atoms with van der Waals surface area (Å²) in [6.07, 6.45) is -0.223. The van der Waals surface area contributed by atoms with Crippen molar-refractivity contribution >= 4 is 10.2 Å². The third kappa shape index (κ3) is 2.35. The van der Waals surface area contributed by atoms with E-state index >= 15 is 0 Å². The maximum atomic E-state index is 11.7. The van der Waals surface area contributed by atoms with Crippen molar-refractivity contribution in [3.8, 4) is 0 Å². The Bertz CT molecular complexity index is 513. The number of fused-ring (bicyclic) bond motifs is 1. The lowest BCUT2D eigenvalue weighted by Crippen LogP contribution is -2.40. The monoisotopic (exact) mass is 256 g/mol. The Kier molecular flexibility index (Phi) is 3.22. The Morgan fingerprint density at radius 3 is 2.65 bits per heavy atom. The van der Waals surface area contributed by atoms with Gasteiger partial charge >= 0.3 is 0 Å². The molecule has 0 aromatic heterocycles. The van der Waals surface area contributed by atoms with Crippen LogP contribution in [-0.2, 0) is 16.6 Å². The fourth-order valence-electron chi connectivity index (χ4n) is 1.98. The van der Waals surface area contributed by atoms with Gasteiger partial charge in [0, 0.05) is 20.5 Å². The summed E-state index contributed by atoms with van der Waals surface area (Å²) in [7, 11) is -0.626. The first-order chi connectivity index (χ1) is 7.92. The minimum absolute atomic E-state index is 0.483. The molecule has 6 heteroatoms. The van der Waals surface area contributed by atoms with Crippen molar-refractivity contribution in [3.05, 3.63) is 35.4 Å². The van der Waals surface area contributed by atoms with Crippen LogP contribution in [0.3, 0.4) is 0 Å². The molecule has 0 unspecified atom stereocenters. The predicted octanol–water partition coefficient (Wildman–Crippen LogP) is 0.0407. The van der Waals surface area contributed by atoms with Gasteiger partial charge in [-0.2, -0.15) is 17.4 Å². The molecular weight excluding hydrogens is 240 g/mol. The maximum Gasteiger partial charge on any atom is 0.279 e. The number of nitrogens with zero attached hydrogens (tertiary/aromatic N) is 1. The van der Waals surface area contributed by atoms with E-state index in [1.54, 1.807) is 0 Å². The van der Waals surface area contributed by atoms with E-state index in [0.717, 1.165) is 15.4 Å². The van der Waals surface area contributed by atoms with Gasteiger partial charge in [0.2, 0.25) is 0 Å². The largest absolute Gasteiger partial charge is 0.391 e. The quantitative estimate of drug-likeness (QED) is 0.802. The first kappa shape index (κ1) is 12.5. The third-order valence-electron chi connectivity index (χ3n) is 2.96. The molecule has 1 aliphatic rings. The average molecular weight is 256 g/mol. The lowest BCUT2D eigenvalue weighted by Gasteiger charge is -2.20. The Morgan fingerprint density at radius 1 is 1.35 bits per heavy atom. The summed E-state index contributed by atoms with van der Waals surface area (Å²) in [4.78, 5) is 0. The number of hydrogen-bond acceptors (Lipinski definition) is 3. The molecule has 94 valence electrons. The van der Waals surface area contributed by atoms with Crippen LogP contribution in [-0.4, -0.2) is 38.0 Å². The van der Waals surface area contributed by atoms with Gasteiger partial charge in [-0.15, -0.1) is 0 Å². The summed E-state index contributed by atoms with van der Waals surface area (Å²) in [6.45, 7) is 0. The number of aliphatic hydroxyl groups is 1. The van der Waals surface area contributed by atoms with Gasteiger partial charge in [0.25, 0.3) is 10.2 Å². The highest BCUT2D eigenvalue weighted by atomic mass is 32.2. The number of hydrogen-bond donors (Lipinski definition) is 2. The van der Waals surface area contributed by atoms with Gasteiger partial charge in [-0.3, -0.25) is 0 Å². The van der Waals surface area contributed by atoms with Crippen LogP contribution in [0.4, 0.5) is 0 Å². The Morgan fingerprint density at radius 2 is 2.00 bits per heavy atom. The number of aliphatic hydroxyl groups excluding tert-OH is 1. The molecule has 2 rings (SSSR count). The van der Waals surface area contributed by atoms with Gasteiger partial charge in [0.05, 0.1) is 12.1 Å². The third-order valence-corrected chi connectivity index (χ3v) is 4.47. The molecule has 2 N–H and O–H groups in total. The normalized spacial score (nSPS) is 24.0. The van der Waals surface area contributed by atoms with Gasteiger partial charge in [-0.05, 0) is 11.1 Å². The number of benzene rings is 1. The molecule has 0 heterocycles. The fraction of sp³-hybridized carbons (Fsp3) is 0.455. The Labute approximate surface area is 101 Å². The van der Waals surface area contributed by atoms with E-state index in [1.165, 1.54) is 14.1 Å². The highest BCUT2D eigenvalue weighted by Gasteiger charge is 2.34. The SMILES string of the molecule is CN(C)S(=O)(=O)N[C@H]1c2ccccc2C[C@H]1O. The summed E-state index contributed by atoms with van der Waals surface area (Å²) >= 11 is 0. The van der Waals surface area contributed by atoms with Crippen LogP contribution in [0.1, 0.15) is 17.2 Å². The van der Waals surface area contributed by atoms with Crippen molar-refractivity contribution in [2.45, 2.75) is 18.6 Å². The average Bonchev–Trinajstić information content (AvgIpc) is 2.55. The first-order valence-corrected chi connectivity index (χ1v) is 6.81. The number of rotatable bonds is 3. The van der Waals surface area contributed by atoms with Crippen LogP contribution in [0.25, 0.3) is 0 Å². The molecule has 0 amide bonds. The van der Waals surface area contributed by atoms with E-state index in [0.29, 0.717) is 6.42 Å². The molecule has 1 aliphatic carbocycles. The van der Waals surface area contributed by atoms with Gasteiger partial charge in [-0.1, -0.05) is 24.3 Å². The van der Waals surface area contributed by atoms with Crippen LogP contribution in [0.15, 0.2) is 24.3 Å². The van der Waals surface area contributed by atoms with E-state index in [1.807, 2.05) is 24.3 Å². The minimum Gasteiger partial charge on any atom is -0.391 e. The van der Waals surface area contributed by atoms with Crippen molar-refractivity contribution in [2.75, 3.05) is 14.1 Å².